The van der Waals surface area contributed by atoms with Crippen molar-refractivity contribution < 1.29 is 9.84 Å². The molecule has 0 aliphatic carbocycles. The first-order chi connectivity index (χ1) is 9.02. The molecule has 1 aromatic rings. The highest BCUT2D eigenvalue weighted by molar-refractivity contribution is 9.10. The molecule has 0 fully saturated rings. The Morgan fingerprint density at radius 3 is 2.79 bits per heavy atom. The minimum Gasteiger partial charge on any atom is -0.490 e. The SMILES string of the molecule is CSC(C)CNCC(O)COc1ccc(C)cc1Br. The summed E-state index contributed by atoms with van der Waals surface area (Å²) in [7, 11) is 0. The van der Waals surface area contributed by atoms with Crippen LogP contribution in [-0.4, -0.2) is 42.4 Å². The number of rotatable bonds is 8. The average molecular weight is 348 g/mol. The third kappa shape index (κ3) is 6.65. The normalized spacial score (nSPS) is 14.2. The molecule has 0 heterocycles. The Hall–Kier alpha value is -0.230. The van der Waals surface area contributed by atoms with Crippen LogP contribution in [0.25, 0.3) is 0 Å². The van der Waals surface area contributed by atoms with Crippen molar-refractivity contribution in [2.45, 2.75) is 25.2 Å². The molecule has 2 N–H and O–H groups in total. The van der Waals surface area contributed by atoms with Crippen LogP contribution in [0.3, 0.4) is 0 Å². The van der Waals surface area contributed by atoms with Crippen LogP contribution in [0.15, 0.2) is 22.7 Å². The zero-order valence-electron chi connectivity index (χ0n) is 11.6. The maximum atomic E-state index is 9.83. The molecule has 19 heavy (non-hydrogen) atoms. The summed E-state index contributed by atoms with van der Waals surface area (Å²) in [5.41, 5.74) is 1.17. The summed E-state index contributed by atoms with van der Waals surface area (Å²) in [6.07, 6.45) is 1.59. The summed E-state index contributed by atoms with van der Waals surface area (Å²) in [6.45, 7) is 5.92. The van der Waals surface area contributed by atoms with Gasteiger partial charge in [-0.25, -0.2) is 0 Å². The number of benzene rings is 1. The second kappa shape index (κ2) is 8.84. The van der Waals surface area contributed by atoms with Gasteiger partial charge < -0.3 is 15.2 Å². The molecule has 0 radical (unpaired) electrons. The summed E-state index contributed by atoms with van der Waals surface area (Å²) in [4.78, 5) is 0. The second-order valence-corrected chi connectivity index (χ2v) is 6.73. The quantitative estimate of drug-likeness (QED) is 0.758. The Labute approximate surface area is 128 Å². The largest absolute Gasteiger partial charge is 0.490 e. The van der Waals surface area contributed by atoms with Gasteiger partial charge in [-0.3, -0.25) is 0 Å². The fourth-order valence-corrected chi connectivity index (χ4v) is 2.40. The molecule has 3 nitrogen and oxygen atoms in total. The van der Waals surface area contributed by atoms with E-state index in [4.69, 9.17) is 4.74 Å². The van der Waals surface area contributed by atoms with Crippen LogP contribution in [0.2, 0.25) is 0 Å². The maximum absolute atomic E-state index is 9.83. The molecule has 0 saturated heterocycles. The summed E-state index contributed by atoms with van der Waals surface area (Å²) >= 11 is 5.26. The third-order valence-corrected chi connectivity index (χ3v) is 4.32. The van der Waals surface area contributed by atoms with Gasteiger partial charge in [0, 0.05) is 18.3 Å². The number of aliphatic hydroxyl groups is 1. The number of hydrogen-bond acceptors (Lipinski definition) is 4. The van der Waals surface area contributed by atoms with Crippen molar-refractivity contribution in [1.82, 2.24) is 5.32 Å². The van der Waals surface area contributed by atoms with E-state index in [-0.39, 0.29) is 0 Å². The average Bonchev–Trinajstić information content (AvgIpc) is 2.37. The van der Waals surface area contributed by atoms with E-state index >= 15 is 0 Å². The number of thioether (sulfide) groups is 1. The van der Waals surface area contributed by atoms with E-state index in [2.05, 4.69) is 34.4 Å². The number of halogens is 1. The molecule has 1 aromatic carbocycles. The molecular formula is C14H22BrNO2S. The third-order valence-electron chi connectivity index (χ3n) is 2.73. The molecule has 2 unspecified atom stereocenters. The second-order valence-electron chi connectivity index (χ2n) is 4.60. The van der Waals surface area contributed by atoms with Crippen molar-refractivity contribution in [3.8, 4) is 5.75 Å². The number of aryl methyl sites for hydroxylation is 1. The molecule has 0 saturated carbocycles. The van der Waals surface area contributed by atoms with Crippen LogP contribution in [0, 0.1) is 6.92 Å². The lowest BCUT2D eigenvalue weighted by Gasteiger charge is -2.15. The smallest absolute Gasteiger partial charge is 0.133 e. The molecule has 0 aliphatic heterocycles. The van der Waals surface area contributed by atoms with Gasteiger partial charge in [-0.2, -0.15) is 11.8 Å². The minimum absolute atomic E-state index is 0.294. The van der Waals surface area contributed by atoms with Gasteiger partial charge in [0.2, 0.25) is 0 Å². The molecule has 108 valence electrons. The van der Waals surface area contributed by atoms with E-state index < -0.39 is 6.10 Å². The Morgan fingerprint density at radius 1 is 1.42 bits per heavy atom. The molecule has 0 aromatic heterocycles. The highest BCUT2D eigenvalue weighted by Gasteiger charge is 2.08. The van der Waals surface area contributed by atoms with Crippen molar-refractivity contribution in [1.29, 1.82) is 0 Å². The van der Waals surface area contributed by atoms with Crippen LogP contribution < -0.4 is 10.1 Å². The lowest BCUT2D eigenvalue weighted by molar-refractivity contribution is 0.106. The molecular weight excluding hydrogens is 326 g/mol. The Kier molecular flexibility index (Phi) is 7.83. The zero-order valence-corrected chi connectivity index (χ0v) is 14.1. The number of aliphatic hydroxyl groups excluding tert-OH is 1. The Balaban J connectivity index is 2.28. The van der Waals surface area contributed by atoms with E-state index in [1.807, 2.05) is 36.9 Å². The lowest BCUT2D eigenvalue weighted by atomic mass is 10.2. The van der Waals surface area contributed by atoms with Crippen LogP contribution in [0.4, 0.5) is 0 Å². The summed E-state index contributed by atoms with van der Waals surface area (Å²) in [6, 6.07) is 5.90. The van der Waals surface area contributed by atoms with Gasteiger partial charge in [0.05, 0.1) is 4.47 Å². The first-order valence-electron chi connectivity index (χ1n) is 6.33. The van der Waals surface area contributed by atoms with Crippen molar-refractivity contribution >= 4 is 27.7 Å². The first-order valence-corrected chi connectivity index (χ1v) is 8.41. The minimum atomic E-state index is -0.498. The van der Waals surface area contributed by atoms with Gasteiger partial charge in [0.25, 0.3) is 0 Å². The van der Waals surface area contributed by atoms with E-state index in [1.165, 1.54) is 5.56 Å². The maximum Gasteiger partial charge on any atom is 0.133 e. The van der Waals surface area contributed by atoms with Crippen molar-refractivity contribution in [2.24, 2.45) is 0 Å². The van der Waals surface area contributed by atoms with Gasteiger partial charge in [0.1, 0.15) is 18.5 Å². The van der Waals surface area contributed by atoms with Gasteiger partial charge in [-0.1, -0.05) is 13.0 Å². The van der Waals surface area contributed by atoms with Crippen LogP contribution in [0.1, 0.15) is 12.5 Å². The van der Waals surface area contributed by atoms with Crippen molar-refractivity contribution in [3.05, 3.63) is 28.2 Å². The fraction of sp³-hybridized carbons (Fsp3) is 0.571. The van der Waals surface area contributed by atoms with Crippen molar-refractivity contribution in [2.75, 3.05) is 26.0 Å². The lowest BCUT2D eigenvalue weighted by Crippen LogP contribution is -2.34. The molecule has 0 spiro atoms. The van der Waals surface area contributed by atoms with E-state index in [1.54, 1.807) is 0 Å². The molecule has 5 heteroatoms. The fourth-order valence-electron chi connectivity index (χ4n) is 1.50. The monoisotopic (exact) mass is 347 g/mol. The van der Waals surface area contributed by atoms with Gasteiger partial charge >= 0.3 is 0 Å². The van der Waals surface area contributed by atoms with Crippen LogP contribution >= 0.6 is 27.7 Å². The molecule has 1 rings (SSSR count). The van der Waals surface area contributed by atoms with Gasteiger partial charge in [-0.05, 0) is 46.8 Å². The highest BCUT2D eigenvalue weighted by atomic mass is 79.9. The molecule has 0 aliphatic rings. The van der Waals surface area contributed by atoms with Gasteiger partial charge in [-0.15, -0.1) is 0 Å². The van der Waals surface area contributed by atoms with E-state index in [0.29, 0.717) is 18.4 Å². The summed E-state index contributed by atoms with van der Waals surface area (Å²) < 4.78 is 6.52. The van der Waals surface area contributed by atoms with Crippen LogP contribution in [-0.2, 0) is 0 Å². The zero-order chi connectivity index (χ0) is 14.3. The van der Waals surface area contributed by atoms with E-state index in [0.717, 1.165) is 16.8 Å². The first kappa shape index (κ1) is 16.8. The number of nitrogens with one attached hydrogen (secondary N) is 1. The van der Waals surface area contributed by atoms with E-state index in [9.17, 15) is 5.11 Å². The molecule has 0 amide bonds. The Morgan fingerprint density at radius 2 is 2.16 bits per heavy atom. The topological polar surface area (TPSA) is 41.5 Å². The Bertz CT molecular complexity index is 390. The highest BCUT2D eigenvalue weighted by Crippen LogP contribution is 2.25. The summed E-state index contributed by atoms with van der Waals surface area (Å²) in [5.74, 6) is 0.766. The number of hydrogen-bond donors (Lipinski definition) is 2. The predicted molar refractivity (Wildman–Crippen MR) is 86.2 cm³/mol. The van der Waals surface area contributed by atoms with Crippen LogP contribution in [0.5, 0.6) is 5.75 Å². The predicted octanol–water partition coefficient (Wildman–Crippen LogP) is 2.84. The summed E-state index contributed by atoms with van der Waals surface area (Å²) in [5, 5.41) is 13.6. The van der Waals surface area contributed by atoms with Crippen molar-refractivity contribution in [3.63, 3.8) is 0 Å². The standard InChI is InChI=1S/C14H22BrNO2S/c1-10-4-5-14(13(15)6-10)18-9-12(17)8-16-7-11(2)19-3/h4-6,11-12,16-17H,7-9H2,1-3H3. The molecule has 0 bridgehead atoms. The number of ether oxygens (including phenoxy) is 1. The molecule has 2 atom stereocenters. The van der Waals surface area contributed by atoms with Gasteiger partial charge in [0.15, 0.2) is 0 Å².